The van der Waals surface area contributed by atoms with Gasteiger partial charge in [-0.1, -0.05) is 41.9 Å². The number of carbonyl (C=O) groups excluding carboxylic acids is 1. The van der Waals surface area contributed by atoms with Crippen LogP contribution in [0.2, 0.25) is 5.02 Å². The third-order valence-corrected chi connectivity index (χ3v) is 6.88. The number of fused-ring (bicyclic) bond motifs is 1. The monoisotopic (exact) mass is 499 g/mol. The molecule has 0 aliphatic heterocycles. The smallest absolute Gasteiger partial charge is 0.256 e. The number of anilines is 1. The van der Waals surface area contributed by atoms with E-state index in [-0.39, 0.29) is 5.91 Å². The van der Waals surface area contributed by atoms with Crippen molar-refractivity contribution in [1.29, 1.82) is 0 Å². The Kier molecular flexibility index (Phi) is 6.49. The Morgan fingerprint density at radius 3 is 2.54 bits per heavy atom. The summed E-state index contributed by atoms with van der Waals surface area (Å²) in [6.07, 6.45) is 2.01. The number of thioether (sulfide) groups is 1. The van der Waals surface area contributed by atoms with Crippen LogP contribution >= 0.6 is 23.4 Å². The first-order chi connectivity index (χ1) is 17.1. The van der Waals surface area contributed by atoms with Gasteiger partial charge in [-0.2, -0.15) is 5.10 Å². The van der Waals surface area contributed by atoms with E-state index in [2.05, 4.69) is 15.5 Å². The Labute approximate surface area is 212 Å². The quantitative estimate of drug-likeness (QED) is 0.237. The Morgan fingerprint density at radius 2 is 1.77 bits per heavy atom. The summed E-state index contributed by atoms with van der Waals surface area (Å²) in [6.45, 7) is 0. The molecule has 1 heterocycles. The van der Waals surface area contributed by atoms with E-state index in [1.165, 1.54) is 0 Å². The molecule has 1 aromatic heterocycles. The second kappa shape index (κ2) is 9.86. The normalized spacial score (nSPS) is 10.9. The zero-order chi connectivity index (χ0) is 24.4. The molecule has 5 aromatic rings. The van der Waals surface area contributed by atoms with Gasteiger partial charge in [0.1, 0.15) is 11.4 Å². The van der Waals surface area contributed by atoms with Crippen LogP contribution in [-0.4, -0.2) is 29.5 Å². The molecule has 35 heavy (non-hydrogen) atoms. The number of H-pyrrole nitrogens is 1. The van der Waals surface area contributed by atoms with Crippen molar-refractivity contribution in [1.82, 2.24) is 10.2 Å². The minimum Gasteiger partial charge on any atom is -0.497 e. The first kappa shape index (κ1) is 23.0. The molecule has 0 unspecified atom stereocenters. The van der Waals surface area contributed by atoms with Crippen LogP contribution in [-0.2, 0) is 0 Å². The van der Waals surface area contributed by atoms with Gasteiger partial charge < -0.3 is 10.1 Å². The number of halogens is 1. The van der Waals surface area contributed by atoms with Crippen LogP contribution in [0.4, 0.5) is 5.69 Å². The van der Waals surface area contributed by atoms with Crippen molar-refractivity contribution in [3.63, 3.8) is 0 Å². The van der Waals surface area contributed by atoms with Gasteiger partial charge in [0.05, 0.1) is 17.6 Å². The van der Waals surface area contributed by atoms with Gasteiger partial charge >= 0.3 is 0 Å². The fourth-order valence-electron chi connectivity index (χ4n) is 4.01. The fourth-order valence-corrected chi connectivity index (χ4v) is 4.66. The maximum atomic E-state index is 13.4. The van der Waals surface area contributed by atoms with E-state index >= 15 is 0 Å². The van der Waals surface area contributed by atoms with E-state index in [1.54, 1.807) is 31.0 Å². The summed E-state index contributed by atoms with van der Waals surface area (Å²) in [5.74, 6) is 0.559. The standard InChI is InChI=1S/C28H22ClN3O2S/c1-34-19-10-7-17(8-11-19)23-16-20(35-2)12-13-21(23)28(33)30-18-9-14-25(29)24(15-18)27-22-5-3-4-6-26(22)31-32-27/h3-16H,1-2H3,(H,30,33)(H,31,32). The molecule has 5 nitrogen and oxygen atoms in total. The summed E-state index contributed by atoms with van der Waals surface area (Å²) < 4.78 is 5.28. The minimum atomic E-state index is -0.205. The van der Waals surface area contributed by atoms with Crippen LogP contribution in [0, 0.1) is 0 Å². The Balaban J connectivity index is 1.50. The second-order valence-electron chi connectivity index (χ2n) is 7.91. The second-order valence-corrected chi connectivity index (χ2v) is 9.19. The number of ether oxygens (including phenoxy) is 1. The Hall–Kier alpha value is -3.74. The number of hydrogen-bond donors (Lipinski definition) is 2. The van der Waals surface area contributed by atoms with Gasteiger partial charge in [0, 0.05) is 27.1 Å². The number of benzene rings is 4. The lowest BCUT2D eigenvalue weighted by Crippen LogP contribution is -2.13. The molecule has 0 atom stereocenters. The van der Waals surface area contributed by atoms with Crippen molar-refractivity contribution in [2.24, 2.45) is 0 Å². The topological polar surface area (TPSA) is 67.0 Å². The predicted octanol–water partition coefficient (Wildman–Crippen LogP) is 7.53. The lowest BCUT2D eigenvalue weighted by molar-refractivity contribution is 0.102. The molecule has 2 N–H and O–H groups in total. The van der Waals surface area contributed by atoms with E-state index in [9.17, 15) is 4.79 Å². The number of rotatable bonds is 6. The third-order valence-electron chi connectivity index (χ3n) is 5.82. The van der Waals surface area contributed by atoms with Gasteiger partial charge in [-0.15, -0.1) is 11.8 Å². The fraction of sp³-hybridized carbons (Fsp3) is 0.0714. The highest BCUT2D eigenvalue weighted by Gasteiger charge is 2.17. The van der Waals surface area contributed by atoms with E-state index in [1.807, 2.05) is 79.1 Å². The highest BCUT2D eigenvalue weighted by atomic mass is 35.5. The van der Waals surface area contributed by atoms with Crippen LogP contribution in [0.3, 0.4) is 0 Å². The summed E-state index contributed by atoms with van der Waals surface area (Å²) in [6, 6.07) is 26.8. The number of amides is 1. The number of para-hydroxylation sites is 1. The average Bonchev–Trinajstić information content (AvgIpc) is 3.33. The predicted molar refractivity (Wildman–Crippen MR) is 145 cm³/mol. The van der Waals surface area contributed by atoms with Gasteiger partial charge in [-0.05, 0) is 72.0 Å². The summed E-state index contributed by atoms with van der Waals surface area (Å²) in [7, 11) is 1.63. The van der Waals surface area contributed by atoms with Crippen LogP contribution in [0.25, 0.3) is 33.3 Å². The maximum absolute atomic E-state index is 13.4. The molecule has 0 fully saturated rings. The Bertz CT molecular complexity index is 1530. The molecule has 0 aliphatic carbocycles. The molecule has 1 amide bonds. The molecule has 0 saturated carbocycles. The number of hydrogen-bond acceptors (Lipinski definition) is 4. The largest absolute Gasteiger partial charge is 0.497 e. The van der Waals surface area contributed by atoms with Crippen molar-refractivity contribution in [2.75, 3.05) is 18.7 Å². The number of aromatic amines is 1. The number of methoxy groups -OCH3 is 1. The molecule has 4 aromatic carbocycles. The zero-order valence-corrected chi connectivity index (χ0v) is 20.7. The molecular weight excluding hydrogens is 478 g/mol. The molecule has 0 saturated heterocycles. The van der Waals surface area contributed by atoms with Crippen molar-refractivity contribution in [3.8, 4) is 28.1 Å². The van der Waals surface area contributed by atoms with Crippen molar-refractivity contribution >= 4 is 45.9 Å². The van der Waals surface area contributed by atoms with Gasteiger partial charge in [-0.3, -0.25) is 9.89 Å². The van der Waals surface area contributed by atoms with E-state index in [0.29, 0.717) is 16.3 Å². The summed E-state index contributed by atoms with van der Waals surface area (Å²) in [5, 5.41) is 12.1. The number of nitrogens with one attached hydrogen (secondary N) is 2. The van der Waals surface area contributed by atoms with Crippen LogP contribution in [0.15, 0.2) is 89.8 Å². The third kappa shape index (κ3) is 4.63. The van der Waals surface area contributed by atoms with E-state index in [4.69, 9.17) is 16.3 Å². The summed E-state index contributed by atoms with van der Waals surface area (Å²) in [5.41, 5.74) is 5.41. The molecule has 7 heteroatoms. The highest BCUT2D eigenvalue weighted by molar-refractivity contribution is 7.98. The zero-order valence-electron chi connectivity index (χ0n) is 19.1. The Morgan fingerprint density at radius 1 is 0.971 bits per heavy atom. The van der Waals surface area contributed by atoms with Gasteiger partial charge in [0.15, 0.2) is 0 Å². The maximum Gasteiger partial charge on any atom is 0.256 e. The number of carbonyl (C=O) groups is 1. The first-order valence-electron chi connectivity index (χ1n) is 10.9. The highest BCUT2D eigenvalue weighted by Crippen LogP contribution is 2.35. The van der Waals surface area contributed by atoms with Crippen LogP contribution in [0.5, 0.6) is 5.75 Å². The van der Waals surface area contributed by atoms with Gasteiger partial charge in [0.2, 0.25) is 0 Å². The molecule has 5 rings (SSSR count). The first-order valence-corrected chi connectivity index (χ1v) is 12.5. The molecule has 0 spiro atoms. The molecule has 0 aliphatic rings. The van der Waals surface area contributed by atoms with Gasteiger partial charge in [0.25, 0.3) is 5.91 Å². The number of aromatic nitrogens is 2. The van der Waals surface area contributed by atoms with Gasteiger partial charge in [-0.25, -0.2) is 0 Å². The lowest BCUT2D eigenvalue weighted by atomic mass is 9.99. The van der Waals surface area contributed by atoms with Crippen molar-refractivity contribution in [3.05, 3.63) is 95.5 Å². The lowest BCUT2D eigenvalue weighted by Gasteiger charge is -2.13. The van der Waals surface area contributed by atoms with E-state index < -0.39 is 0 Å². The summed E-state index contributed by atoms with van der Waals surface area (Å²) >= 11 is 8.16. The number of nitrogens with zero attached hydrogens (tertiary/aromatic N) is 1. The SMILES string of the molecule is COc1ccc(-c2cc(SC)ccc2C(=O)Nc2ccc(Cl)c(-c3n[nH]c4ccccc34)c2)cc1. The van der Waals surface area contributed by atoms with Crippen molar-refractivity contribution < 1.29 is 9.53 Å². The van der Waals surface area contributed by atoms with Crippen LogP contribution in [0.1, 0.15) is 10.4 Å². The van der Waals surface area contributed by atoms with Crippen LogP contribution < -0.4 is 10.1 Å². The molecule has 0 bridgehead atoms. The molecule has 0 radical (unpaired) electrons. The summed E-state index contributed by atoms with van der Waals surface area (Å²) in [4.78, 5) is 14.5. The average molecular weight is 500 g/mol. The van der Waals surface area contributed by atoms with Crippen molar-refractivity contribution in [2.45, 2.75) is 4.90 Å². The molecular formula is C28H22ClN3O2S. The molecule has 174 valence electrons. The van der Waals surface area contributed by atoms with E-state index in [0.717, 1.165) is 43.9 Å². The minimum absolute atomic E-state index is 0.205.